The van der Waals surface area contributed by atoms with Crippen LogP contribution in [0.5, 0.6) is 0 Å². The van der Waals surface area contributed by atoms with Crippen LogP contribution < -0.4 is 5.32 Å². The highest BCUT2D eigenvalue weighted by molar-refractivity contribution is 9.10. The lowest BCUT2D eigenvalue weighted by Gasteiger charge is -2.03. The molecule has 2 aromatic heterocycles. The Morgan fingerprint density at radius 1 is 1.47 bits per heavy atom. The topological polar surface area (TPSA) is 42.2 Å². The molecule has 0 spiro atoms. The molecule has 1 aliphatic heterocycles. The van der Waals surface area contributed by atoms with Gasteiger partial charge in [0.2, 0.25) is 0 Å². The number of hydrogen-bond acceptors (Lipinski definition) is 3. The fraction of sp³-hybridized carbons (Fsp3) is 0.400. The average molecular weight is 267 g/mol. The van der Waals surface area contributed by atoms with E-state index in [9.17, 15) is 0 Å². The van der Waals surface area contributed by atoms with Crippen molar-refractivity contribution >= 4 is 21.6 Å². The molecule has 0 aliphatic carbocycles. The first-order valence-corrected chi connectivity index (χ1v) is 5.86. The van der Waals surface area contributed by atoms with Crippen molar-refractivity contribution in [2.24, 2.45) is 0 Å². The molecular weight excluding hydrogens is 256 g/mol. The van der Waals surface area contributed by atoms with E-state index in [0.717, 1.165) is 22.5 Å². The van der Waals surface area contributed by atoms with E-state index in [1.165, 1.54) is 12.8 Å². The van der Waals surface area contributed by atoms with E-state index in [1.54, 1.807) is 6.20 Å². The van der Waals surface area contributed by atoms with Gasteiger partial charge >= 0.3 is 0 Å². The van der Waals surface area contributed by atoms with Crippen molar-refractivity contribution in [2.75, 3.05) is 6.54 Å². The molecule has 1 fully saturated rings. The summed E-state index contributed by atoms with van der Waals surface area (Å²) in [6.07, 6.45) is 8.20. The molecule has 15 heavy (non-hydrogen) atoms. The summed E-state index contributed by atoms with van der Waals surface area (Å²) in [6.45, 7) is 1.10. The second-order valence-corrected chi connectivity index (χ2v) is 4.60. The molecule has 3 rings (SSSR count). The zero-order valence-electron chi connectivity index (χ0n) is 8.15. The summed E-state index contributed by atoms with van der Waals surface area (Å²) in [7, 11) is 0. The minimum absolute atomic E-state index is 0.420. The van der Waals surface area contributed by atoms with Crippen molar-refractivity contribution in [3.63, 3.8) is 0 Å². The Balaban J connectivity index is 2.05. The molecule has 3 heterocycles. The van der Waals surface area contributed by atoms with Gasteiger partial charge in [0.25, 0.3) is 0 Å². The molecule has 1 unspecified atom stereocenters. The second-order valence-electron chi connectivity index (χ2n) is 3.79. The number of hydrogen-bond donors (Lipinski definition) is 1. The van der Waals surface area contributed by atoms with Gasteiger partial charge in [0.1, 0.15) is 4.60 Å². The molecule has 1 saturated heterocycles. The first-order valence-electron chi connectivity index (χ1n) is 5.06. The van der Waals surface area contributed by atoms with Gasteiger partial charge in [0.05, 0.1) is 17.9 Å². The smallest absolute Gasteiger partial charge is 0.155 e. The minimum Gasteiger partial charge on any atom is -0.309 e. The Morgan fingerprint density at radius 2 is 2.40 bits per heavy atom. The third-order valence-corrected chi connectivity index (χ3v) is 3.16. The first-order chi connectivity index (χ1) is 7.33. The van der Waals surface area contributed by atoms with Crippen LogP contribution in [0.3, 0.4) is 0 Å². The molecule has 0 saturated carbocycles. The molecule has 0 bridgehead atoms. The lowest BCUT2D eigenvalue weighted by Crippen LogP contribution is -2.12. The zero-order valence-corrected chi connectivity index (χ0v) is 9.74. The largest absolute Gasteiger partial charge is 0.309 e. The van der Waals surface area contributed by atoms with Crippen LogP contribution in [0.15, 0.2) is 23.2 Å². The first kappa shape index (κ1) is 9.30. The number of aromatic nitrogens is 3. The molecule has 1 N–H and O–H groups in total. The van der Waals surface area contributed by atoms with Gasteiger partial charge in [-0.15, -0.1) is 0 Å². The Kier molecular flexibility index (Phi) is 2.21. The molecule has 1 atom stereocenters. The molecule has 5 heteroatoms. The molecule has 2 aromatic rings. The van der Waals surface area contributed by atoms with E-state index in [-0.39, 0.29) is 0 Å². The number of imidazole rings is 1. The lowest BCUT2D eigenvalue weighted by atomic mass is 10.2. The van der Waals surface area contributed by atoms with E-state index < -0.39 is 0 Å². The Hall–Kier alpha value is -0.940. The predicted molar refractivity (Wildman–Crippen MR) is 60.7 cm³/mol. The van der Waals surface area contributed by atoms with Gasteiger partial charge in [0.15, 0.2) is 5.65 Å². The standard InChI is InChI=1S/C10H11BrN4/c11-9-6-15-5-8(7-2-1-3-12-7)14-10(15)4-13-9/h4-7,12H,1-3H2. The molecular formula is C10H11BrN4. The van der Waals surface area contributed by atoms with Gasteiger partial charge in [-0.2, -0.15) is 0 Å². The Morgan fingerprint density at radius 3 is 3.20 bits per heavy atom. The second kappa shape index (κ2) is 3.57. The van der Waals surface area contributed by atoms with Crippen molar-refractivity contribution in [1.29, 1.82) is 0 Å². The number of fused-ring (bicyclic) bond motifs is 1. The molecule has 78 valence electrons. The van der Waals surface area contributed by atoms with Crippen molar-refractivity contribution in [1.82, 2.24) is 19.7 Å². The van der Waals surface area contributed by atoms with Crippen LogP contribution in [0.2, 0.25) is 0 Å². The summed E-state index contributed by atoms with van der Waals surface area (Å²) in [4.78, 5) is 8.71. The van der Waals surface area contributed by atoms with Crippen LogP contribution in [0.4, 0.5) is 0 Å². The van der Waals surface area contributed by atoms with Gasteiger partial charge in [-0.3, -0.25) is 0 Å². The third-order valence-electron chi connectivity index (χ3n) is 2.75. The maximum atomic E-state index is 4.55. The highest BCUT2D eigenvalue weighted by Crippen LogP contribution is 2.22. The van der Waals surface area contributed by atoms with Crippen molar-refractivity contribution in [3.05, 3.63) is 28.9 Å². The molecule has 0 aromatic carbocycles. The summed E-state index contributed by atoms with van der Waals surface area (Å²) in [5.74, 6) is 0. The van der Waals surface area contributed by atoms with Crippen LogP contribution in [0.25, 0.3) is 5.65 Å². The van der Waals surface area contributed by atoms with Crippen LogP contribution in [-0.4, -0.2) is 20.9 Å². The molecule has 0 amide bonds. The van der Waals surface area contributed by atoms with E-state index in [4.69, 9.17) is 0 Å². The predicted octanol–water partition coefficient (Wildman–Crippen LogP) is 1.92. The summed E-state index contributed by atoms with van der Waals surface area (Å²) < 4.78 is 2.84. The van der Waals surface area contributed by atoms with Crippen LogP contribution >= 0.6 is 15.9 Å². The van der Waals surface area contributed by atoms with Gasteiger partial charge in [-0.05, 0) is 35.3 Å². The number of nitrogens with one attached hydrogen (secondary N) is 1. The van der Waals surface area contributed by atoms with E-state index in [2.05, 4.69) is 37.4 Å². The van der Waals surface area contributed by atoms with Gasteiger partial charge in [-0.1, -0.05) is 0 Å². The third kappa shape index (κ3) is 1.66. The van der Waals surface area contributed by atoms with E-state index in [1.807, 2.05) is 10.6 Å². The molecule has 1 aliphatic rings. The van der Waals surface area contributed by atoms with Gasteiger partial charge in [0, 0.05) is 12.4 Å². The minimum atomic E-state index is 0.420. The SMILES string of the molecule is Brc1cn2cc(C3CCCN3)nc2cn1. The van der Waals surface area contributed by atoms with Crippen LogP contribution in [0.1, 0.15) is 24.6 Å². The van der Waals surface area contributed by atoms with E-state index >= 15 is 0 Å². The molecule has 0 radical (unpaired) electrons. The number of nitrogens with zero attached hydrogens (tertiary/aromatic N) is 3. The molecule has 4 nitrogen and oxygen atoms in total. The maximum Gasteiger partial charge on any atom is 0.155 e. The quantitative estimate of drug-likeness (QED) is 0.858. The average Bonchev–Trinajstić information content (AvgIpc) is 2.84. The lowest BCUT2D eigenvalue weighted by molar-refractivity contribution is 0.632. The van der Waals surface area contributed by atoms with Crippen LogP contribution in [-0.2, 0) is 0 Å². The summed E-state index contributed by atoms with van der Waals surface area (Å²) >= 11 is 3.35. The summed E-state index contributed by atoms with van der Waals surface area (Å²) in [6, 6.07) is 0.420. The van der Waals surface area contributed by atoms with Crippen LogP contribution in [0, 0.1) is 0 Å². The normalized spacial score (nSPS) is 21.3. The van der Waals surface area contributed by atoms with Crippen molar-refractivity contribution in [3.8, 4) is 0 Å². The fourth-order valence-electron chi connectivity index (χ4n) is 2.00. The summed E-state index contributed by atoms with van der Waals surface area (Å²) in [5.41, 5.74) is 2.02. The highest BCUT2D eigenvalue weighted by atomic mass is 79.9. The maximum absolute atomic E-state index is 4.55. The Bertz CT molecular complexity index is 487. The van der Waals surface area contributed by atoms with E-state index in [0.29, 0.717) is 6.04 Å². The number of halogens is 1. The van der Waals surface area contributed by atoms with Gasteiger partial charge in [-0.25, -0.2) is 9.97 Å². The Labute approximate surface area is 95.9 Å². The van der Waals surface area contributed by atoms with Crippen molar-refractivity contribution < 1.29 is 0 Å². The highest BCUT2D eigenvalue weighted by Gasteiger charge is 2.18. The summed E-state index contributed by atoms with van der Waals surface area (Å²) in [5, 5.41) is 3.44. The zero-order chi connectivity index (χ0) is 10.3. The van der Waals surface area contributed by atoms with Crippen molar-refractivity contribution in [2.45, 2.75) is 18.9 Å². The number of rotatable bonds is 1. The van der Waals surface area contributed by atoms with Gasteiger partial charge < -0.3 is 9.72 Å². The monoisotopic (exact) mass is 266 g/mol. The fourth-order valence-corrected chi connectivity index (χ4v) is 2.32.